The molecule has 0 saturated carbocycles. The SMILES string of the molecule is CCN(/N=C/c1ccc(OC)cc1)c1nc2ccccc2[nH]1. The summed E-state index contributed by atoms with van der Waals surface area (Å²) >= 11 is 0. The molecule has 5 heteroatoms. The van der Waals surface area contributed by atoms with Gasteiger partial charge < -0.3 is 9.72 Å². The maximum Gasteiger partial charge on any atom is 0.224 e. The van der Waals surface area contributed by atoms with E-state index in [1.54, 1.807) is 7.11 Å². The number of para-hydroxylation sites is 2. The second kappa shape index (κ2) is 6.30. The third kappa shape index (κ3) is 2.93. The molecule has 0 saturated heterocycles. The first-order chi connectivity index (χ1) is 10.8. The van der Waals surface area contributed by atoms with Crippen LogP contribution in [0.25, 0.3) is 11.0 Å². The van der Waals surface area contributed by atoms with Gasteiger partial charge in [0.1, 0.15) is 5.75 Å². The van der Waals surface area contributed by atoms with Crippen LogP contribution in [0.2, 0.25) is 0 Å². The van der Waals surface area contributed by atoms with Crippen molar-refractivity contribution in [1.29, 1.82) is 0 Å². The van der Waals surface area contributed by atoms with Crippen LogP contribution in [0.4, 0.5) is 5.95 Å². The molecule has 0 bridgehead atoms. The summed E-state index contributed by atoms with van der Waals surface area (Å²) in [5.41, 5.74) is 2.96. The first kappa shape index (κ1) is 14.1. The van der Waals surface area contributed by atoms with Crippen LogP contribution in [0.15, 0.2) is 53.6 Å². The third-order valence-electron chi connectivity index (χ3n) is 3.38. The second-order valence-corrected chi connectivity index (χ2v) is 4.81. The number of benzene rings is 2. The molecule has 3 rings (SSSR count). The molecule has 0 fully saturated rings. The molecule has 0 radical (unpaired) electrons. The molecule has 0 unspecified atom stereocenters. The minimum Gasteiger partial charge on any atom is -0.497 e. The minimum absolute atomic E-state index is 0.729. The number of anilines is 1. The fourth-order valence-electron chi connectivity index (χ4n) is 2.17. The number of ether oxygens (including phenoxy) is 1. The van der Waals surface area contributed by atoms with E-state index in [2.05, 4.69) is 15.1 Å². The molecule has 0 atom stereocenters. The van der Waals surface area contributed by atoms with Crippen molar-refractivity contribution in [2.24, 2.45) is 5.10 Å². The van der Waals surface area contributed by atoms with E-state index in [0.717, 1.165) is 34.8 Å². The van der Waals surface area contributed by atoms with Crippen LogP contribution < -0.4 is 9.75 Å². The highest BCUT2D eigenvalue weighted by Gasteiger charge is 2.07. The fourth-order valence-corrected chi connectivity index (χ4v) is 2.17. The average molecular weight is 294 g/mol. The monoisotopic (exact) mass is 294 g/mol. The van der Waals surface area contributed by atoms with E-state index in [9.17, 15) is 0 Å². The number of hydrazone groups is 1. The van der Waals surface area contributed by atoms with Gasteiger partial charge in [0.15, 0.2) is 0 Å². The Morgan fingerprint density at radius 3 is 2.64 bits per heavy atom. The first-order valence-corrected chi connectivity index (χ1v) is 7.20. The van der Waals surface area contributed by atoms with Crippen molar-refractivity contribution in [3.8, 4) is 5.75 Å². The Labute approximate surface area is 129 Å². The molecular formula is C17H18N4O. The van der Waals surface area contributed by atoms with E-state index in [0.29, 0.717) is 0 Å². The summed E-state index contributed by atoms with van der Waals surface area (Å²) in [4.78, 5) is 7.84. The highest BCUT2D eigenvalue weighted by Crippen LogP contribution is 2.17. The summed E-state index contributed by atoms with van der Waals surface area (Å²) in [6, 6.07) is 15.7. The zero-order chi connectivity index (χ0) is 15.4. The summed E-state index contributed by atoms with van der Waals surface area (Å²) in [5, 5.41) is 6.34. The van der Waals surface area contributed by atoms with Crippen molar-refractivity contribution in [2.75, 3.05) is 18.7 Å². The highest BCUT2D eigenvalue weighted by atomic mass is 16.5. The number of hydrogen-bond donors (Lipinski definition) is 1. The molecule has 0 spiro atoms. The number of nitrogens with zero attached hydrogens (tertiary/aromatic N) is 3. The van der Waals surface area contributed by atoms with Crippen LogP contribution in [0.1, 0.15) is 12.5 Å². The minimum atomic E-state index is 0.729. The van der Waals surface area contributed by atoms with E-state index in [1.165, 1.54) is 0 Å². The highest BCUT2D eigenvalue weighted by molar-refractivity contribution is 5.81. The molecule has 112 valence electrons. The van der Waals surface area contributed by atoms with Crippen LogP contribution >= 0.6 is 0 Å². The Balaban J connectivity index is 1.82. The molecule has 1 aromatic heterocycles. The van der Waals surface area contributed by atoms with Gasteiger partial charge in [-0.2, -0.15) is 5.10 Å². The number of aromatic nitrogens is 2. The second-order valence-electron chi connectivity index (χ2n) is 4.81. The Morgan fingerprint density at radius 2 is 1.95 bits per heavy atom. The van der Waals surface area contributed by atoms with Gasteiger partial charge in [-0.05, 0) is 48.9 Å². The molecule has 2 aromatic carbocycles. The van der Waals surface area contributed by atoms with Crippen molar-refractivity contribution in [2.45, 2.75) is 6.92 Å². The number of fused-ring (bicyclic) bond motifs is 1. The summed E-state index contributed by atoms with van der Waals surface area (Å²) in [6.45, 7) is 2.77. The molecule has 22 heavy (non-hydrogen) atoms. The van der Waals surface area contributed by atoms with Crippen molar-refractivity contribution in [3.05, 3.63) is 54.1 Å². The quantitative estimate of drug-likeness (QED) is 0.579. The first-order valence-electron chi connectivity index (χ1n) is 7.20. The number of hydrogen-bond acceptors (Lipinski definition) is 4. The number of methoxy groups -OCH3 is 1. The number of nitrogens with one attached hydrogen (secondary N) is 1. The molecule has 1 N–H and O–H groups in total. The van der Waals surface area contributed by atoms with Gasteiger partial charge in [-0.1, -0.05) is 12.1 Å². The van der Waals surface area contributed by atoms with E-state index >= 15 is 0 Å². The molecule has 3 aromatic rings. The van der Waals surface area contributed by atoms with Gasteiger partial charge in [-0.3, -0.25) is 0 Å². The van der Waals surface area contributed by atoms with E-state index < -0.39 is 0 Å². The lowest BCUT2D eigenvalue weighted by Crippen LogP contribution is -2.16. The van der Waals surface area contributed by atoms with Crippen molar-refractivity contribution in [3.63, 3.8) is 0 Å². The summed E-state index contributed by atoms with van der Waals surface area (Å²) in [5.74, 6) is 1.58. The smallest absolute Gasteiger partial charge is 0.224 e. The maximum absolute atomic E-state index is 5.15. The number of imidazole rings is 1. The van der Waals surface area contributed by atoms with Gasteiger partial charge in [0.05, 0.1) is 24.4 Å². The molecular weight excluding hydrogens is 276 g/mol. The molecule has 5 nitrogen and oxygen atoms in total. The summed E-state index contributed by atoms with van der Waals surface area (Å²) < 4.78 is 5.15. The summed E-state index contributed by atoms with van der Waals surface area (Å²) in [6.07, 6.45) is 1.82. The lowest BCUT2D eigenvalue weighted by atomic mass is 10.2. The van der Waals surface area contributed by atoms with Crippen LogP contribution in [-0.2, 0) is 0 Å². The molecule has 1 heterocycles. The average Bonchev–Trinajstić information content (AvgIpc) is 3.00. The number of rotatable bonds is 5. The predicted octanol–water partition coefficient (Wildman–Crippen LogP) is 3.43. The van der Waals surface area contributed by atoms with Crippen LogP contribution in [-0.4, -0.2) is 29.8 Å². The molecule has 0 aliphatic carbocycles. The topological polar surface area (TPSA) is 53.5 Å². The van der Waals surface area contributed by atoms with E-state index in [1.807, 2.05) is 66.7 Å². The van der Waals surface area contributed by atoms with Gasteiger partial charge in [0.2, 0.25) is 5.95 Å². The standard InChI is InChI=1S/C17H18N4O/c1-3-21(17-19-15-6-4-5-7-16(15)20-17)18-12-13-8-10-14(22-2)11-9-13/h4-12H,3H2,1-2H3,(H,19,20)/b18-12+. The Bertz CT molecular complexity index is 744. The van der Waals surface area contributed by atoms with Gasteiger partial charge >= 0.3 is 0 Å². The summed E-state index contributed by atoms with van der Waals surface area (Å²) in [7, 11) is 1.66. The van der Waals surface area contributed by atoms with Gasteiger partial charge in [-0.25, -0.2) is 9.99 Å². The zero-order valence-electron chi connectivity index (χ0n) is 12.7. The molecule has 0 aliphatic rings. The Hall–Kier alpha value is -2.82. The van der Waals surface area contributed by atoms with Gasteiger partial charge in [-0.15, -0.1) is 0 Å². The van der Waals surface area contributed by atoms with Crippen molar-refractivity contribution in [1.82, 2.24) is 9.97 Å². The van der Waals surface area contributed by atoms with E-state index in [-0.39, 0.29) is 0 Å². The van der Waals surface area contributed by atoms with Gasteiger partial charge in [0, 0.05) is 6.54 Å². The van der Waals surface area contributed by atoms with Crippen molar-refractivity contribution < 1.29 is 4.74 Å². The predicted molar refractivity (Wildman–Crippen MR) is 89.7 cm³/mol. The maximum atomic E-state index is 5.15. The number of aromatic amines is 1. The largest absolute Gasteiger partial charge is 0.497 e. The van der Waals surface area contributed by atoms with Crippen molar-refractivity contribution >= 4 is 23.2 Å². The van der Waals surface area contributed by atoms with Crippen LogP contribution in [0.3, 0.4) is 0 Å². The van der Waals surface area contributed by atoms with Crippen LogP contribution in [0.5, 0.6) is 5.75 Å². The van der Waals surface area contributed by atoms with Crippen LogP contribution in [0, 0.1) is 0 Å². The van der Waals surface area contributed by atoms with E-state index in [4.69, 9.17) is 4.74 Å². The third-order valence-corrected chi connectivity index (χ3v) is 3.38. The normalized spacial score (nSPS) is 11.2. The van der Waals surface area contributed by atoms with Gasteiger partial charge in [0.25, 0.3) is 0 Å². The number of H-pyrrole nitrogens is 1. The Morgan fingerprint density at radius 1 is 1.18 bits per heavy atom. The zero-order valence-corrected chi connectivity index (χ0v) is 12.7. The lowest BCUT2D eigenvalue weighted by molar-refractivity contribution is 0.415. The molecule has 0 aliphatic heterocycles. The fraction of sp³-hybridized carbons (Fsp3) is 0.176. The Kier molecular flexibility index (Phi) is 4.05. The lowest BCUT2D eigenvalue weighted by Gasteiger charge is -2.12. The molecule has 0 amide bonds.